The molecule has 68 valence electrons. The van der Waals surface area contributed by atoms with E-state index in [1.807, 2.05) is 12.1 Å². The van der Waals surface area contributed by atoms with Crippen LogP contribution in [-0.4, -0.2) is 7.11 Å². The first-order valence-electron chi connectivity index (χ1n) is 4.35. The molecule has 0 bridgehead atoms. The Morgan fingerprint density at radius 1 is 1.38 bits per heavy atom. The van der Waals surface area contributed by atoms with Gasteiger partial charge < -0.3 is 4.74 Å². The Kier molecular flexibility index (Phi) is 2.40. The molecular formula is C11H11BrO. The minimum atomic E-state index is 1.00. The van der Waals surface area contributed by atoms with Gasteiger partial charge in [-0.25, -0.2) is 0 Å². The molecule has 0 aliphatic heterocycles. The van der Waals surface area contributed by atoms with Crippen LogP contribution >= 0.6 is 15.9 Å². The van der Waals surface area contributed by atoms with Gasteiger partial charge >= 0.3 is 0 Å². The lowest BCUT2D eigenvalue weighted by Crippen LogP contribution is -1.99. The SMILES string of the molecule is COc1cccc2c1CCC=C2Br. The Labute approximate surface area is 86.5 Å². The maximum atomic E-state index is 5.31. The summed E-state index contributed by atoms with van der Waals surface area (Å²) in [6.07, 6.45) is 4.38. The molecule has 0 saturated heterocycles. The second-order valence-electron chi connectivity index (χ2n) is 3.08. The molecule has 0 heterocycles. The van der Waals surface area contributed by atoms with Crippen LogP contribution in [0.5, 0.6) is 5.75 Å². The maximum absolute atomic E-state index is 5.31. The van der Waals surface area contributed by atoms with Crippen LogP contribution in [0.4, 0.5) is 0 Å². The molecule has 0 N–H and O–H groups in total. The van der Waals surface area contributed by atoms with Gasteiger partial charge in [0.15, 0.2) is 0 Å². The van der Waals surface area contributed by atoms with Crippen LogP contribution in [0, 0.1) is 0 Å². The fraction of sp³-hybridized carbons (Fsp3) is 0.273. The van der Waals surface area contributed by atoms with Gasteiger partial charge in [0, 0.05) is 10.0 Å². The van der Waals surface area contributed by atoms with Crippen molar-refractivity contribution in [3.05, 3.63) is 35.4 Å². The number of rotatable bonds is 1. The van der Waals surface area contributed by atoms with Crippen LogP contribution in [0.1, 0.15) is 17.5 Å². The third-order valence-electron chi connectivity index (χ3n) is 2.33. The molecular weight excluding hydrogens is 228 g/mol. The fourth-order valence-electron chi connectivity index (χ4n) is 1.69. The van der Waals surface area contributed by atoms with Crippen molar-refractivity contribution in [2.24, 2.45) is 0 Å². The zero-order chi connectivity index (χ0) is 9.26. The van der Waals surface area contributed by atoms with Crippen molar-refractivity contribution >= 4 is 20.4 Å². The number of ether oxygens (including phenoxy) is 1. The molecule has 1 aromatic carbocycles. The molecule has 0 radical (unpaired) electrons. The monoisotopic (exact) mass is 238 g/mol. The van der Waals surface area contributed by atoms with Gasteiger partial charge in [0.1, 0.15) is 5.75 Å². The summed E-state index contributed by atoms with van der Waals surface area (Å²) in [5, 5.41) is 0. The lowest BCUT2D eigenvalue weighted by atomic mass is 9.96. The second-order valence-corrected chi connectivity index (χ2v) is 3.93. The van der Waals surface area contributed by atoms with Gasteiger partial charge in [-0.1, -0.05) is 34.1 Å². The Balaban J connectivity index is 2.57. The molecule has 0 amide bonds. The molecule has 0 unspecified atom stereocenters. The van der Waals surface area contributed by atoms with E-state index in [-0.39, 0.29) is 0 Å². The van der Waals surface area contributed by atoms with Gasteiger partial charge in [-0.3, -0.25) is 0 Å². The number of hydrogen-bond acceptors (Lipinski definition) is 1. The average Bonchev–Trinajstić information content (AvgIpc) is 2.18. The number of methoxy groups -OCH3 is 1. The van der Waals surface area contributed by atoms with Crippen molar-refractivity contribution in [3.8, 4) is 5.75 Å². The Morgan fingerprint density at radius 2 is 2.23 bits per heavy atom. The molecule has 0 saturated carbocycles. The Bertz CT molecular complexity index is 355. The molecule has 0 atom stereocenters. The Hall–Kier alpha value is -0.760. The molecule has 0 spiro atoms. The number of allylic oxidation sites excluding steroid dienone is 1. The van der Waals surface area contributed by atoms with E-state index in [1.165, 1.54) is 15.6 Å². The van der Waals surface area contributed by atoms with Crippen LogP contribution in [0.2, 0.25) is 0 Å². The van der Waals surface area contributed by atoms with E-state index in [0.29, 0.717) is 0 Å². The number of halogens is 1. The summed E-state index contributed by atoms with van der Waals surface area (Å²) in [5.74, 6) is 1.00. The number of fused-ring (bicyclic) bond motifs is 1. The van der Waals surface area contributed by atoms with Crippen molar-refractivity contribution in [2.75, 3.05) is 7.11 Å². The second kappa shape index (κ2) is 3.54. The summed E-state index contributed by atoms with van der Waals surface area (Å²) in [7, 11) is 1.72. The predicted molar refractivity (Wildman–Crippen MR) is 58.2 cm³/mol. The molecule has 2 rings (SSSR count). The van der Waals surface area contributed by atoms with Gasteiger partial charge in [-0.15, -0.1) is 0 Å². The zero-order valence-corrected chi connectivity index (χ0v) is 9.10. The van der Waals surface area contributed by atoms with Crippen LogP contribution in [0.3, 0.4) is 0 Å². The topological polar surface area (TPSA) is 9.23 Å². The smallest absolute Gasteiger partial charge is 0.122 e. The summed E-state index contributed by atoms with van der Waals surface area (Å²) in [6, 6.07) is 6.17. The molecule has 1 aromatic rings. The quantitative estimate of drug-likeness (QED) is 0.729. The van der Waals surface area contributed by atoms with Crippen molar-refractivity contribution in [1.29, 1.82) is 0 Å². The van der Waals surface area contributed by atoms with Crippen LogP contribution < -0.4 is 4.74 Å². The molecule has 1 nitrogen and oxygen atoms in total. The lowest BCUT2D eigenvalue weighted by Gasteiger charge is -2.16. The first kappa shape index (κ1) is 8.82. The largest absolute Gasteiger partial charge is 0.496 e. The summed E-state index contributed by atoms with van der Waals surface area (Å²) >= 11 is 3.56. The predicted octanol–water partition coefficient (Wildman–Crippen LogP) is 3.38. The summed E-state index contributed by atoms with van der Waals surface area (Å²) in [4.78, 5) is 0. The third-order valence-corrected chi connectivity index (χ3v) is 3.08. The van der Waals surface area contributed by atoms with Gasteiger partial charge in [0.05, 0.1) is 7.11 Å². The summed E-state index contributed by atoms with van der Waals surface area (Å²) in [6.45, 7) is 0. The van der Waals surface area contributed by atoms with Crippen LogP contribution in [0.15, 0.2) is 24.3 Å². The summed E-state index contributed by atoms with van der Waals surface area (Å²) in [5.41, 5.74) is 2.59. The highest BCUT2D eigenvalue weighted by Crippen LogP contribution is 2.35. The van der Waals surface area contributed by atoms with E-state index in [9.17, 15) is 0 Å². The van der Waals surface area contributed by atoms with Crippen molar-refractivity contribution < 1.29 is 4.74 Å². The van der Waals surface area contributed by atoms with E-state index in [0.717, 1.165) is 18.6 Å². The maximum Gasteiger partial charge on any atom is 0.122 e. The molecule has 1 aliphatic rings. The van der Waals surface area contributed by atoms with Crippen molar-refractivity contribution in [1.82, 2.24) is 0 Å². The zero-order valence-electron chi connectivity index (χ0n) is 7.51. The van der Waals surface area contributed by atoms with E-state index >= 15 is 0 Å². The highest BCUT2D eigenvalue weighted by Gasteiger charge is 2.13. The number of hydrogen-bond donors (Lipinski definition) is 0. The Morgan fingerprint density at radius 3 is 3.00 bits per heavy atom. The van der Waals surface area contributed by atoms with Crippen LogP contribution in [0.25, 0.3) is 4.48 Å². The van der Waals surface area contributed by atoms with Gasteiger partial charge in [-0.2, -0.15) is 0 Å². The van der Waals surface area contributed by atoms with Gasteiger partial charge in [-0.05, 0) is 24.5 Å². The normalized spacial score (nSPS) is 14.8. The van der Waals surface area contributed by atoms with Gasteiger partial charge in [0.2, 0.25) is 0 Å². The van der Waals surface area contributed by atoms with E-state index in [1.54, 1.807) is 7.11 Å². The van der Waals surface area contributed by atoms with E-state index < -0.39 is 0 Å². The standard InChI is InChI=1S/C11H11BrO/c1-13-11-7-3-4-8-9(11)5-2-6-10(8)12/h3-4,6-7H,2,5H2,1H3. The van der Waals surface area contributed by atoms with E-state index in [4.69, 9.17) is 4.74 Å². The van der Waals surface area contributed by atoms with Crippen LogP contribution in [-0.2, 0) is 6.42 Å². The minimum Gasteiger partial charge on any atom is -0.496 e. The minimum absolute atomic E-state index is 1.00. The first-order chi connectivity index (χ1) is 6.33. The van der Waals surface area contributed by atoms with E-state index in [2.05, 4.69) is 28.1 Å². The molecule has 2 heteroatoms. The highest BCUT2D eigenvalue weighted by atomic mass is 79.9. The van der Waals surface area contributed by atoms with Crippen molar-refractivity contribution in [3.63, 3.8) is 0 Å². The number of benzene rings is 1. The molecule has 13 heavy (non-hydrogen) atoms. The fourth-order valence-corrected chi connectivity index (χ4v) is 2.29. The van der Waals surface area contributed by atoms with Crippen molar-refractivity contribution in [2.45, 2.75) is 12.8 Å². The van der Waals surface area contributed by atoms with Gasteiger partial charge in [0.25, 0.3) is 0 Å². The highest BCUT2D eigenvalue weighted by molar-refractivity contribution is 9.15. The molecule has 1 aliphatic carbocycles. The molecule has 0 aromatic heterocycles. The first-order valence-corrected chi connectivity index (χ1v) is 5.14. The lowest BCUT2D eigenvalue weighted by molar-refractivity contribution is 0.409. The average molecular weight is 239 g/mol. The molecule has 0 fully saturated rings. The third kappa shape index (κ3) is 1.51. The summed E-state index contributed by atoms with van der Waals surface area (Å²) < 4.78 is 6.50.